The number of anilines is 1. The third-order valence-electron chi connectivity index (χ3n) is 9.37. The largest absolute Gasteiger partial charge is 0.359 e. The second kappa shape index (κ2) is 32.4. The van der Waals surface area contributed by atoms with Crippen LogP contribution in [0.1, 0.15) is 121 Å². The minimum Gasteiger partial charge on any atom is -0.359 e. The highest BCUT2D eigenvalue weighted by Crippen LogP contribution is 2.30. The summed E-state index contributed by atoms with van der Waals surface area (Å²) in [5, 5.41) is 3.98. The summed E-state index contributed by atoms with van der Waals surface area (Å²) in [5.74, 6) is 1.24. The van der Waals surface area contributed by atoms with Crippen molar-refractivity contribution >= 4 is 33.0 Å². The quantitative estimate of drug-likeness (QED) is 0.128. The number of para-hydroxylation sites is 2. The van der Waals surface area contributed by atoms with Gasteiger partial charge in [-0.2, -0.15) is 4.40 Å². The number of fused-ring (bicyclic) bond motifs is 6. The van der Waals surface area contributed by atoms with E-state index in [-0.39, 0.29) is 0 Å². The van der Waals surface area contributed by atoms with Gasteiger partial charge in [-0.05, 0) is 62.6 Å². The Morgan fingerprint density at radius 1 is 0.492 bits per heavy atom. The van der Waals surface area contributed by atoms with E-state index in [1.807, 2.05) is 96.9 Å². The minimum absolute atomic E-state index is 0.413. The van der Waals surface area contributed by atoms with E-state index in [1.165, 1.54) is 61.1 Å². The molecule has 61 heavy (non-hydrogen) atoms. The number of hydrogen-bond acceptors (Lipinski definition) is 2. The molecule has 0 fully saturated rings. The first-order chi connectivity index (χ1) is 29.7. The fraction of sp³-hybridized carbons (Fsp3) is 0.418. The molecule has 0 amide bonds. The van der Waals surface area contributed by atoms with Gasteiger partial charge in [0.1, 0.15) is 36.5 Å². The number of nitrogens with zero attached hydrogens (tertiary/aromatic N) is 6. The van der Waals surface area contributed by atoms with Crippen LogP contribution in [-0.4, -0.2) is 27.1 Å². The Hall–Kier alpha value is -5.36. The average Bonchev–Trinajstić information content (AvgIpc) is 4.00. The van der Waals surface area contributed by atoms with Gasteiger partial charge in [-0.3, -0.25) is 0 Å². The molecule has 6 heteroatoms. The number of imidazole rings is 2. The third kappa shape index (κ3) is 14.9. The van der Waals surface area contributed by atoms with Crippen molar-refractivity contribution in [3.8, 4) is 11.4 Å². The lowest BCUT2D eigenvalue weighted by Gasteiger charge is -2.28. The van der Waals surface area contributed by atoms with Crippen molar-refractivity contribution in [1.29, 1.82) is 0 Å². The molecule has 1 atom stereocenters. The molecule has 336 valence electrons. The lowest BCUT2D eigenvalue weighted by atomic mass is 10.0. The lowest BCUT2D eigenvalue weighted by molar-refractivity contribution is -0.659. The predicted octanol–water partition coefficient (Wildman–Crippen LogP) is 15.0. The molecule has 8 rings (SSSR count). The minimum atomic E-state index is 0.413. The summed E-state index contributed by atoms with van der Waals surface area (Å²) in [6.07, 6.45) is 13.1. The second-order valence-corrected chi connectivity index (χ2v) is 12.6. The summed E-state index contributed by atoms with van der Waals surface area (Å²) in [6, 6.07) is 32.1. The Labute approximate surface area is 374 Å². The normalized spacial score (nSPS) is 11.5. The fourth-order valence-corrected chi connectivity index (χ4v) is 6.62. The molecule has 0 unspecified atom stereocenters. The zero-order valence-corrected chi connectivity index (χ0v) is 42.9. The Morgan fingerprint density at radius 3 is 1.51 bits per heavy atom. The Balaban J connectivity index is 0. The first kappa shape index (κ1) is 57.7. The monoisotopic (exact) mass is 833 g/mol. The van der Waals surface area contributed by atoms with Crippen LogP contribution in [0.5, 0.6) is 0 Å². The van der Waals surface area contributed by atoms with E-state index >= 15 is 0 Å². The number of aromatic nitrogens is 4. The summed E-state index contributed by atoms with van der Waals surface area (Å²) in [5.41, 5.74) is 9.05. The number of pyridine rings is 1. The Morgan fingerprint density at radius 2 is 0.984 bits per heavy atom. The molecule has 0 aliphatic carbocycles. The molecule has 0 saturated heterocycles. The molecule has 4 aromatic carbocycles. The average molecular weight is 833 g/mol. The van der Waals surface area contributed by atoms with E-state index in [2.05, 4.69) is 212 Å². The number of rotatable bonds is 2. The highest BCUT2D eigenvalue weighted by Gasteiger charge is 2.21. The maximum absolute atomic E-state index is 2.29. The maximum Gasteiger partial charge on any atom is 0.294 e. The van der Waals surface area contributed by atoms with Gasteiger partial charge in [0.15, 0.2) is 0 Å². The van der Waals surface area contributed by atoms with Gasteiger partial charge in [-0.25, -0.2) is 13.7 Å². The van der Waals surface area contributed by atoms with E-state index in [4.69, 9.17) is 0 Å². The van der Waals surface area contributed by atoms with Crippen molar-refractivity contribution in [2.24, 2.45) is 21.1 Å². The highest BCUT2D eigenvalue weighted by atomic mass is 15.4. The molecule has 0 N–H and O–H groups in total. The van der Waals surface area contributed by atoms with Crippen molar-refractivity contribution in [3.05, 3.63) is 145 Å². The topological polar surface area (TPSA) is 23.6 Å². The van der Waals surface area contributed by atoms with Gasteiger partial charge in [-0.15, -0.1) is 0 Å². The molecular weight excluding hydrogens is 745 g/mol. The molecule has 7 aromatic rings. The van der Waals surface area contributed by atoms with Crippen LogP contribution in [0.4, 0.5) is 5.69 Å². The SMILES string of the molecule is CC.CC.CC.CC.CC.CC.CC.Cc1cccc2c3ccccc3n3cc[n+](C)c3c12.Cc1ccccc1-c1n(C)cc[n+]1C.Cc1ccccc1N1C=CN(C)[C@@H]1C. The van der Waals surface area contributed by atoms with Crippen molar-refractivity contribution in [1.82, 2.24) is 13.9 Å². The van der Waals surface area contributed by atoms with Crippen molar-refractivity contribution in [2.75, 3.05) is 11.9 Å². The smallest absolute Gasteiger partial charge is 0.294 e. The van der Waals surface area contributed by atoms with Gasteiger partial charge >= 0.3 is 0 Å². The van der Waals surface area contributed by atoms with Gasteiger partial charge in [0, 0.05) is 35.9 Å². The molecule has 3 aromatic heterocycles. The second-order valence-electron chi connectivity index (χ2n) is 12.6. The van der Waals surface area contributed by atoms with Crippen LogP contribution in [0.3, 0.4) is 0 Å². The molecule has 0 bridgehead atoms. The highest BCUT2D eigenvalue weighted by molar-refractivity contribution is 6.12. The molecule has 0 radical (unpaired) electrons. The van der Waals surface area contributed by atoms with Crippen LogP contribution in [0.15, 0.2) is 128 Å². The first-order valence-corrected chi connectivity index (χ1v) is 23.2. The Kier molecular flexibility index (Phi) is 30.7. The summed E-state index contributed by atoms with van der Waals surface area (Å²) in [7, 11) is 8.35. The van der Waals surface area contributed by atoms with Gasteiger partial charge in [0.05, 0.1) is 32.1 Å². The van der Waals surface area contributed by atoms with Crippen LogP contribution in [-0.2, 0) is 21.1 Å². The molecule has 0 spiro atoms. The standard InChI is InChI=1S/C17H15N2.C12H15N2.C12H16N2.7C2H6/c1-12-6-5-8-14-13-7-3-4-9-15(13)19-11-10-18(2)17(19)16(12)14;1-10-6-4-5-7-11(10)12-13(2)8-9-14(12)3;1-10-6-4-5-7-12(10)14-9-8-13(3)11(14)2;7*1-2/h3-11H,1-2H3;4-9H,1-3H3;4-9,11H,1-3H3;7*1-2H3/q2*+1;;;;;;;;/t;;11-;;;;;;;/m..0......./s1. The fourth-order valence-electron chi connectivity index (χ4n) is 6.62. The predicted molar refractivity (Wildman–Crippen MR) is 275 cm³/mol. The van der Waals surface area contributed by atoms with Gasteiger partial charge < -0.3 is 9.80 Å². The lowest BCUT2D eigenvalue weighted by Crippen LogP contribution is -2.33. The van der Waals surface area contributed by atoms with Crippen molar-refractivity contribution in [2.45, 2.75) is 131 Å². The van der Waals surface area contributed by atoms with Crippen LogP contribution in [0, 0.1) is 20.8 Å². The van der Waals surface area contributed by atoms with Gasteiger partial charge in [0.2, 0.25) is 0 Å². The van der Waals surface area contributed by atoms with Gasteiger partial charge in [-0.1, -0.05) is 170 Å². The molecule has 1 aliphatic heterocycles. The number of hydrogen-bond donors (Lipinski definition) is 0. The zero-order chi connectivity index (χ0) is 47.2. The van der Waals surface area contributed by atoms with E-state index in [1.54, 1.807) is 0 Å². The van der Waals surface area contributed by atoms with Crippen LogP contribution in [0.25, 0.3) is 38.7 Å². The summed E-state index contributed by atoms with van der Waals surface area (Å²) in [4.78, 5) is 4.49. The van der Waals surface area contributed by atoms with Crippen LogP contribution in [0.2, 0.25) is 0 Å². The van der Waals surface area contributed by atoms with Crippen LogP contribution >= 0.6 is 0 Å². The van der Waals surface area contributed by atoms with Crippen LogP contribution < -0.4 is 14.0 Å². The van der Waals surface area contributed by atoms with E-state index in [9.17, 15) is 0 Å². The first-order valence-electron chi connectivity index (χ1n) is 23.2. The number of aryl methyl sites for hydroxylation is 6. The molecule has 1 aliphatic rings. The third-order valence-corrected chi connectivity index (χ3v) is 9.37. The summed E-state index contributed by atoms with van der Waals surface area (Å²) in [6.45, 7) is 36.7. The maximum atomic E-state index is 2.29. The molecule has 4 heterocycles. The Bertz CT molecular complexity index is 2200. The summed E-state index contributed by atoms with van der Waals surface area (Å²) >= 11 is 0. The van der Waals surface area contributed by atoms with Crippen molar-refractivity contribution < 1.29 is 9.13 Å². The molecular formula is C55H88N6+2. The van der Waals surface area contributed by atoms with Gasteiger partial charge in [0.25, 0.3) is 11.5 Å². The van der Waals surface area contributed by atoms with E-state index < -0.39 is 0 Å². The molecule has 6 nitrogen and oxygen atoms in total. The summed E-state index contributed by atoms with van der Waals surface area (Å²) < 4.78 is 8.76. The number of benzene rings is 4. The van der Waals surface area contributed by atoms with Crippen molar-refractivity contribution in [3.63, 3.8) is 0 Å². The molecule has 0 saturated carbocycles. The zero-order valence-electron chi connectivity index (χ0n) is 42.9. The van der Waals surface area contributed by atoms with E-state index in [0.717, 1.165) is 0 Å². The van der Waals surface area contributed by atoms with E-state index in [0.29, 0.717) is 6.17 Å².